The first-order valence-electron chi connectivity index (χ1n) is 9.39. The number of aromatic nitrogens is 3. The number of benzene rings is 1. The largest absolute Gasteiger partial charge is 0.439 e. The molecule has 2 aromatic heterocycles. The molecule has 1 aliphatic heterocycles. The first-order valence-corrected chi connectivity index (χ1v) is 10.1. The number of aryl methyl sites for hydroxylation is 1. The van der Waals surface area contributed by atoms with Crippen molar-refractivity contribution < 1.29 is 9.32 Å². The molecule has 0 spiro atoms. The minimum Gasteiger partial charge on any atom is -0.368 e. The molecule has 1 aliphatic rings. The number of aromatic amines is 2. The number of hydrogen-bond acceptors (Lipinski definition) is 6. The lowest BCUT2D eigenvalue weighted by atomic mass is 10.0. The van der Waals surface area contributed by atoms with Crippen LogP contribution in [0.1, 0.15) is 29.0 Å². The molecule has 1 fully saturated rings. The van der Waals surface area contributed by atoms with Gasteiger partial charge in [0.2, 0.25) is 0 Å². The molecule has 0 radical (unpaired) electrons. The summed E-state index contributed by atoms with van der Waals surface area (Å²) >= 11 is 12.3. The molecular formula is C19H21Cl3N6O3. The Morgan fingerprint density at radius 2 is 2.10 bits per heavy atom. The number of carbonyl (C=O) groups excluding carboxylic acids is 1. The summed E-state index contributed by atoms with van der Waals surface area (Å²) in [6.07, 6.45) is 1.86. The van der Waals surface area contributed by atoms with E-state index >= 15 is 0 Å². The van der Waals surface area contributed by atoms with Gasteiger partial charge in [-0.2, -0.15) is 0 Å². The summed E-state index contributed by atoms with van der Waals surface area (Å²) in [6, 6.07) is 5.32. The molecular weight excluding hydrogens is 467 g/mol. The van der Waals surface area contributed by atoms with Gasteiger partial charge >= 0.3 is 5.76 Å². The zero-order chi connectivity index (χ0) is 21.4. The topological polar surface area (TPSA) is 133 Å². The van der Waals surface area contributed by atoms with Crippen LogP contribution in [0.25, 0.3) is 11.4 Å². The normalized spacial score (nSPS) is 16.1. The van der Waals surface area contributed by atoms with Crippen LogP contribution in [0.2, 0.25) is 10.0 Å². The lowest BCUT2D eigenvalue weighted by Gasteiger charge is -2.34. The Balaban J connectivity index is 0.00000272. The van der Waals surface area contributed by atoms with Crippen molar-refractivity contribution in [2.24, 2.45) is 5.73 Å². The fourth-order valence-corrected chi connectivity index (χ4v) is 3.96. The van der Waals surface area contributed by atoms with E-state index in [0.717, 1.165) is 25.1 Å². The van der Waals surface area contributed by atoms with Gasteiger partial charge < -0.3 is 20.9 Å². The van der Waals surface area contributed by atoms with E-state index in [-0.39, 0.29) is 29.2 Å². The average Bonchev–Trinajstić information content (AvgIpc) is 3.27. The number of H-pyrrole nitrogens is 2. The predicted molar refractivity (Wildman–Crippen MR) is 123 cm³/mol. The number of rotatable bonds is 4. The van der Waals surface area contributed by atoms with Crippen LogP contribution in [-0.4, -0.2) is 40.2 Å². The molecule has 0 aliphatic carbocycles. The number of piperidine rings is 1. The van der Waals surface area contributed by atoms with E-state index in [2.05, 4.69) is 29.9 Å². The third-order valence-corrected chi connectivity index (χ3v) is 5.99. The van der Waals surface area contributed by atoms with Crippen molar-refractivity contribution in [2.45, 2.75) is 25.8 Å². The first-order chi connectivity index (χ1) is 14.3. The van der Waals surface area contributed by atoms with Crippen LogP contribution in [0, 0.1) is 6.92 Å². The fourth-order valence-electron chi connectivity index (χ4n) is 3.54. The maximum atomic E-state index is 12.9. The molecule has 0 saturated carbocycles. The van der Waals surface area contributed by atoms with Crippen molar-refractivity contribution >= 4 is 52.9 Å². The maximum absolute atomic E-state index is 12.9. The van der Waals surface area contributed by atoms with Crippen molar-refractivity contribution in [1.82, 2.24) is 15.1 Å². The van der Waals surface area contributed by atoms with Gasteiger partial charge in [-0.3, -0.25) is 14.3 Å². The van der Waals surface area contributed by atoms with Crippen molar-refractivity contribution in [2.75, 3.05) is 23.3 Å². The molecule has 3 aromatic rings. The number of amides is 1. The Bertz CT molecular complexity index is 1160. The quantitative estimate of drug-likeness (QED) is 0.444. The number of nitrogens with one attached hydrogen (secondary N) is 3. The summed E-state index contributed by atoms with van der Waals surface area (Å²) in [6.45, 7) is 3.15. The minimum absolute atomic E-state index is 0. The number of carbonyl (C=O) groups is 1. The highest BCUT2D eigenvalue weighted by Gasteiger charge is 2.23. The van der Waals surface area contributed by atoms with E-state index in [1.165, 1.54) is 0 Å². The standard InChI is InChI=1S/C19H20Cl2N6O3.ClH/c1-9-14(20)15(21)16(23-9)18(28)24-12-5-4-10(17-25-19(29)30-26-17)7-13(12)27-6-2-3-11(22)8-27;/h4-5,7,11,23H,2-3,6,8,22H2,1H3,(H,24,28)(H,25,26,29);1H. The van der Waals surface area contributed by atoms with Gasteiger partial charge in [-0.25, -0.2) is 4.79 Å². The SMILES string of the molecule is Cc1[nH]c(C(=O)Nc2ccc(-c3noc(=O)[nH]3)cc2N2CCCC(N)C2)c(Cl)c1Cl.Cl. The molecule has 1 aromatic carbocycles. The van der Waals surface area contributed by atoms with Crippen molar-refractivity contribution in [3.63, 3.8) is 0 Å². The molecule has 1 unspecified atom stereocenters. The first kappa shape index (κ1) is 23.2. The summed E-state index contributed by atoms with van der Waals surface area (Å²) in [5.41, 5.74) is 8.92. The Morgan fingerprint density at radius 1 is 1.32 bits per heavy atom. The Morgan fingerprint density at radius 3 is 2.71 bits per heavy atom. The van der Waals surface area contributed by atoms with Crippen LogP contribution in [0.15, 0.2) is 27.5 Å². The predicted octanol–water partition coefficient (Wildman–Crippen LogP) is 3.57. The van der Waals surface area contributed by atoms with Gasteiger partial charge in [-0.05, 0) is 38.0 Å². The lowest BCUT2D eigenvalue weighted by molar-refractivity contribution is 0.102. The molecule has 4 rings (SSSR count). The second-order valence-corrected chi connectivity index (χ2v) is 7.99. The third-order valence-electron chi connectivity index (χ3n) is 5.04. The Kier molecular flexibility index (Phi) is 7.00. The van der Waals surface area contributed by atoms with E-state index in [9.17, 15) is 9.59 Å². The van der Waals surface area contributed by atoms with E-state index in [1.807, 2.05) is 6.07 Å². The highest BCUT2D eigenvalue weighted by atomic mass is 35.5. The molecule has 3 heterocycles. The lowest BCUT2D eigenvalue weighted by Crippen LogP contribution is -2.43. The summed E-state index contributed by atoms with van der Waals surface area (Å²) in [7, 11) is 0. The molecule has 12 heteroatoms. The zero-order valence-electron chi connectivity index (χ0n) is 16.5. The second-order valence-electron chi connectivity index (χ2n) is 7.23. The summed E-state index contributed by atoms with van der Waals surface area (Å²) in [5, 5.41) is 7.12. The molecule has 1 atom stereocenters. The number of nitrogens with zero attached hydrogens (tertiary/aromatic N) is 2. The molecule has 9 nitrogen and oxygen atoms in total. The molecule has 31 heavy (non-hydrogen) atoms. The van der Waals surface area contributed by atoms with Crippen LogP contribution in [0.3, 0.4) is 0 Å². The highest BCUT2D eigenvalue weighted by Crippen LogP contribution is 2.34. The van der Waals surface area contributed by atoms with Crippen LogP contribution in [0.4, 0.5) is 11.4 Å². The van der Waals surface area contributed by atoms with Gasteiger partial charge in [0, 0.05) is 30.4 Å². The monoisotopic (exact) mass is 486 g/mol. The van der Waals surface area contributed by atoms with Crippen LogP contribution in [0.5, 0.6) is 0 Å². The number of halogens is 3. The van der Waals surface area contributed by atoms with Gasteiger partial charge in [-0.15, -0.1) is 12.4 Å². The van der Waals surface area contributed by atoms with Gasteiger partial charge in [0.1, 0.15) is 5.69 Å². The number of anilines is 2. The Hall–Kier alpha value is -2.46. The van der Waals surface area contributed by atoms with Crippen molar-refractivity contribution in [3.05, 3.63) is 50.2 Å². The smallest absolute Gasteiger partial charge is 0.368 e. The maximum Gasteiger partial charge on any atom is 0.439 e. The summed E-state index contributed by atoms with van der Waals surface area (Å²) in [5.74, 6) is -0.757. The summed E-state index contributed by atoms with van der Waals surface area (Å²) in [4.78, 5) is 31.7. The van der Waals surface area contributed by atoms with Gasteiger partial charge in [-0.1, -0.05) is 28.4 Å². The fraction of sp³-hybridized carbons (Fsp3) is 0.316. The minimum atomic E-state index is -0.641. The summed E-state index contributed by atoms with van der Waals surface area (Å²) < 4.78 is 4.60. The molecule has 1 amide bonds. The van der Waals surface area contributed by atoms with Gasteiger partial charge in [0.25, 0.3) is 5.91 Å². The van der Waals surface area contributed by atoms with Gasteiger partial charge in [0.05, 0.1) is 21.4 Å². The Labute approximate surface area is 193 Å². The van der Waals surface area contributed by atoms with Crippen molar-refractivity contribution in [3.8, 4) is 11.4 Å². The van der Waals surface area contributed by atoms with Crippen LogP contribution < -0.4 is 21.7 Å². The van der Waals surface area contributed by atoms with E-state index in [4.69, 9.17) is 28.9 Å². The molecule has 166 valence electrons. The average molecular weight is 488 g/mol. The van der Waals surface area contributed by atoms with Crippen LogP contribution >= 0.6 is 35.6 Å². The number of nitrogens with two attached hydrogens (primary N) is 1. The second kappa shape index (κ2) is 9.35. The number of hydrogen-bond donors (Lipinski definition) is 4. The van der Waals surface area contributed by atoms with Crippen LogP contribution in [-0.2, 0) is 0 Å². The third kappa shape index (κ3) is 4.74. The van der Waals surface area contributed by atoms with Crippen molar-refractivity contribution in [1.29, 1.82) is 0 Å². The zero-order valence-corrected chi connectivity index (χ0v) is 18.8. The van der Waals surface area contributed by atoms with E-state index < -0.39 is 11.7 Å². The molecule has 0 bridgehead atoms. The molecule has 1 saturated heterocycles. The molecule has 5 N–H and O–H groups in total. The van der Waals surface area contributed by atoms with Gasteiger partial charge in [0.15, 0.2) is 5.82 Å². The van der Waals surface area contributed by atoms with E-state index in [0.29, 0.717) is 34.3 Å². The highest BCUT2D eigenvalue weighted by molar-refractivity contribution is 6.44. The van der Waals surface area contributed by atoms with E-state index in [1.54, 1.807) is 19.1 Å².